The highest BCUT2D eigenvalue weighted by Crippen LogP contribution is 2.26. The van der Waals surface area contributed by atoms with Crippen molar-refractivity contribution in [3.63, 3.8) is 0 Å². The highest BCUT2D eigenvalue weighted by molar-refractivity contribution is 7.10. The van der Waals surface area contributed by atoms with Gasteiger partial charge < -0.3 is 4.74 Å². The fourth-order valence-corrected chi connectivity index (χ4v) is 2.60. The van der Waals surface area contributed by atoms with E-state index in [1.165, 1.54) is 30.8 Å². The summed E-state index contributed by atoms with van der Waals surface area (Å²) in [5.74, 6) is 0. The molecule has 0 aromatic carbocycles. The summed E-state index contributed by atoms with van der Waals surface area (Å²) in [5.41, 5.74) is 0. The molecule has 17 heavy (non-hydrogen) atoms. The van der Waals surface area contributed by atoms with E-state index in [1.54, 1.807) is 11.1 Å². The highest BCUT2D eigenvalue weighted by Gasteiger charge is 2.32. The molecule has 1 saturated heterocycles. The molecular formula is C12H18N2O2S. The van der Waals surface area contributed by atoms with Crippen LogP contribution < -0.4 is 4.90 Å². The van der Waals surface area contributed by atoms with E-state index in [4.69, 9.17) is 4.74 Å². The van der Waals surface area contributed by atoms with Gasteiger partial charge >= 0.3 is 6.09 Å². The molecule has 0 bridgehead atoms. The van der Waals surface area contributed by atoms with Crippen LogP contribution in [0.15, 0.2) is 12.3 Å². The van der Waals surface area contributed by atoms with Crippen LogP contribution in [-0.4, -0.2) is 23.1 Å². The molecule has 0 N–H and O–H groups in total. The number of aromatic nitrogens is 1. The van der Waals surface area contributed by atoms with Crippen LogP contribution in [0.25, 0.3) is 0 Å². The lowest BCUT2D eigenvalue weighted by Crippen LogP contribution is -2.23. The predicted octanol–water partition coefficient (Wildman–Crippen LogP) is 3.44. The SMILES string of the molecule is CCCCCC[C@H]1CN(c2ccns2)C(=O)O1. The maximum Gasteiger partial charge on any atom is 0.415 e. The monoisotopic (exact) mass is 254 g/mol. The summed E-state index contributed by atoms with van der Waals surface area (Å²) in [4.78, 5) is 13.3. The zero-order valence-corrected chi connectivity index (χ0v) is 10.9. The van der Waals surface area contributed by atoms with Crippen LogP contribution in [0.5, 0.6) is 0 Å². The van der Waals surface area contributed by atoms with Crippen LogP contribution in [-0.2, 0) is 4.74 Å². The molecule has 0 saturated carbocycles. The number of cyclic esters (lactones) is 1. The fraction of sp³-hybridized carbons (Fsp3) is 0.667. The summed E-state index contributed by atoms with van der Waals surface area (Å²) >= 11 is 1.33. The van der Waals surface area contributed by atoms with Gasteiger partial charge in [-0.15, -0.1) is 0 Å². The van der Waals surface area contributed by atoms with E-state index in [0.29, 0.717) is 6.54 Å². The van der Waals surface area contributed by atoms with Gasteiger partial charge in [0, 0.05) is 6.20 Å². The molecule has 1 aliphatic rings. The molecule has 94 valence electrons. The third-order valence-corrected chi connectivity index (χ3v) is 3.71. The molecule has 1 aromatic rings. The summed E-state index contributed by atoms with van der Waals surface area (Å²) in [6, 6.07) is 1.85. The second-order valence-corrected chi connectivity index (χ2v) is 5.13. The van der Waals surface area contributed by atoms with Gasteiger partial charge in [0.15, 0.2) is 0 Å². The first-order valence-corrected chi connectivity index (χ1v) is 6.97. The summed E-state index contributed by atoms with van der Waals surface area (Å²) in [7, 11) is 0. The summed E-state index contributed by atoms with van der Waals surface area (Å²) < 4.78 is 9.35. The average Bonchev–Trinajstić information content (AvgIpc) is 2.93. The zero-order chi connectivity index (χ0) is 12.1. The minimum absolute atomic E-state index is 0.0569. The molecule has 0 unspecified atom stereocenters. The Morgan fingerprint density at radius 2 is 2.41 bits per heavy atom. The average molecular weight is 254 g/mol. The molecule has 1 aromatic heterocycles. The first-order chi connectivity index (χ1) is 8.31. The van der Waals surface area contributed by atoms with Crippen molar-refractivity contribution >= 4 is 22.6 Å². The van der Waals surface area contributed by atoms with Crippen molar-refractivity contribution in [2.45, 2.75) is 45.1 Å². The van der Waals surface area contributed by atoms with E-state index in [1.807, 2.05) is 6.07 Å². The molecule has 1 fully saturated rings. The summed E-state index contributed by atoms with van der Waals surface area (Å²) in [6.45, 7) is 2.87. The topological polar surface area (TPSA) is 42.4 Å². The quantitative estimate of drug-likeness (QED) is 0.730. The smallest absolute Gasteiger partial charge is 0.415 e. The normalized spacial score (nSPS) is 19.7. The fourth-order valence-electron chi connectivity index (χ4n) is 2.00. The van der Waals surface area contributed by atoms with Gasteiger partial charge in [-0.25, -0.2) is 4.79 Å². The van der Waals surface area contributed by atoms with Crippen molar-refractivity contribution in [3.8, 4) is 0 Å². The number of hydrogen-bond donors (Lipinski definition) is 0. The Morgan fingerprint density at radius 3 is 3.12 bits per heavy atom. The van der Waals surface area contributed by atoms with Crippen LogP contribution in [0.1, 0.15) is 39.0 Å². The second-order valence-electron chi connectivity index (χ2n) is 4.32. The number of hydrogen-bond acceptors (Lipinski definition) is 4. The number of amides is 1. The minimum atomic E-state index is -0.227. The first kappa shape index (κ1) is 12.4. The van der Waals surface area contributed by atoms with E-state index in [9.17, 15) is 4.79 Å². The van der Waals surface area contributed by atoms with Crippen molar-refractivity contribution in [2.75, 3.05) is 11.4 Å². The van der Waals surface area contributed by atoms with Gasteiger partial charge in [0.2, 0.25) is 0 Å². The third-order valence-electron chi connectivity index (χ3n) is 2.94. The zero-order valence-electron chi connectivity index (χ0n) is 10.1. The number of nitrogens with zero attached hydrogens (tertiary/aromatic N) is 2. The van der Waals surface area contributed by atoms with Gasteiger partial charge in [0.1, 0.15) is 11.1 Å². The molecule has 4 nitrogen and oxygen atoms in total. The number of rotatable bonds is 6. The Morgan fingerprint density at radius 1 is 1.53 bits per heavy atom. The standard InChI is InChI=1S/C12H18N2O2S/c1-2-3-4-5-6-10-9-14(12(15)16-10)11-7-8-13-17-11/h7-8,10H,2-6,9H2,1H3/t10-/m0/s1. The predicted molar refractivity (Wildman–Crippen MR) is 68.5 cm³/mol. The van der Waals surface area contributed by atoms with Crippen LogP contribution in [0.4, 0.5) is 9.80 Å². The molecule has 1 amide bonds. The van der Waals surface area contributed by atoms with Crippen molar-refractivity contribution in [2.24, 2.45) is 0 Å². The van der Waals surface area contributed by atoms with E-state index in [0.717, 1.165) is 17.8 Å². The van der Waals surface area contributed by atoms with Crippen molar-refractivity contribution in [1.29, 1.82) is 0 Å². The number of carbonyl (C=O) groups is 1. The molecule has 1 atom stereocenters. The molecule has 1 aliphatic heterocycles. The maximum absolute atomic E-state index is 11.7. The molecule has 0 radical (unpaired) electrons. The molecule has 5 heteroatoms. The Labute approximate surface area is 106 Å². The molecule has 2 heterocycles. The first-order valence-electron chi connectivity index (χ1n) is 6.20. The lowest BCUT2D eigenvalue weighted by atomic mass is 10.1. The van der Waals surface area contributed by atoms with Crippen molar-refractivity contribution < 1.29 is 9.53 Å². The van der Waals surface area contributed by atoms with Gasteiger partial charge in [-0.3, -0.25) is 4.90 Å². The molecule has 2 rings (SSSR count). The van der Waals surface area contributed by atoms with E-state index < -0.39 is 0 Å². The van der Waals surface area contributed by atoms with Crippen LogP contribution in [0, 0.1) is 0 Å². The Hall–Kier alpha value is -1.10. The molecule has 0 aliphatic carbocycles. The Kier molecular flexibility index (Phi) is 4.36. The van der Waals surface area contributed by atoms with Crippen molar-refractivity contribution in [3.05, 3.63) is 12.3 Å². The number of carbonyl (C=O) groups excluding carboxylic acids is 1. The summed E-state index contributed by atoms with van der Waals surface area (Å²) in [5, 5.41) is 0.881. The molecular weight excluding hydrogens is 236 g/mol. The Bertz CT molecular complexity index is 353. The van der Waals surface area contributed by atoms with Gasteiger partial charge in [-0.2, -0.15) is 4.37 Å². The minimum Gasteiger partial charge on any atom is -0.444 e. The summed E-state index contributed by atoms with van der Waals surface area (Å²) in [6.07, 6.45) is 7.38. The number of ether oxygens (including phenoxy) is 1. The van der Waals surface area contributed by atoms with Crippen LogP contribution in [0.2, 0.25) is 0 Å². The third kappa shape index (κ3) is 3.19. The lowest BCUT2D eigenvalue weighted by molar-refractivity contribution is 0.135. The van der Waals surface area contributed by atoms with Crippen molar-refractivity contribution in [1.82, 2.24) is 4.37 Å². The number of unbranched alkanes of at least 4 members (excludes halogenated alkanes) is 3. The van der Waals surface area contributed by atoms with Gasteiger partial charge in [0.05, 0.1) is 6.54 Å². The maximum atomic E-state index is 11.7. The second kappa shape index (κ2) is 6.00. The van der Waals surface area contributed by atoms with Gasteiger partial charge in [-0.1, -0.05) is 26.2 Å². The largest absolute Gasteiger partial charge is 0.444 e. The van der Waals surface area contributed by atoms with E-state index in [-0.39, 0.29) is 12.2 Å². The Balaban J connectivity index is 1.79. The lowest BCUT2D eigenvalue weighted by Gasteiger charge is -2.08. The number of anilines is 1. The van der Waals surface area contributed by atoms with E-state index >= 15 is 0 Å². The van der Waals surface area contributed by atoms with Gasteiger partial charge in [0.25, 0.3) is 0 Å². The van der Waals surface area contributed by atoms with E-state index in [2.05, 4.69) is 11.3 Å². The molecule has 0 spiro atoms. The van der Waals surface area contributed by atoms with Crippen LogP contribution >= 0.6 is 11.5 Å². The van der Waals surface area contributed by atoms with Crippen LogP contribution in [0.3, 0.4) is 0 Å². The van der Waals surface area contributed by atoms with Gasteiger partial charge in [-0.05, 0) is 30.4 Å². The highest BCUT2D eigenvalue weighted by atomic mass is 32.1.